The van der Waals surface area contributed by atoms with Gasteiger partial charge in [0.25, 0.3) is 0 Å². The molecule has 0 saturated heterocycles. The van der Waals surface area contributed by atoms with E-state index in [0.29, 0.717) is 6.04 Å². The first-order valence-corrected chi connectivity index (χ1v) is 8.02. The van der Waals surface area contributed by atoms with E-state index in [1.54, 1.807) is 12.1 Å². The largest absolute Gasteiger partial charge is 0.446 e. The van der Waals surface area contributed by atoms with Crippen molar-refractivity contribution in [3.8, 4) is 0 Å². The molecule has 1 atom stereocenters. The Labute approximate surface area is 127 Å². The Morgan fingerprint density at radius 1 is 1.14 bits per heavy atom. The molecular weight excluding hydrogens is 299 g/mol. The Balaban J connectivity index is 1.97. The Bertz CT molecular complexity index is 430. The first-order chi connectivity index (χ1) is 9.98. The molecule has 1 saturated carbocycles. The van der Waals surface area contributed by atoms with Gasteiger partial charge in [0.05, 0.1) is 12.6 Å². The average Bonchev–Trinajstić information content (AvgIpc) is 2.45. The summed E-state index contributed by atoms with van der Waals surface area (Å²) in [7, 11) is 0. The summed E-state index contributed by atoms with van der Waals surface area (Å²) < 4.78 is 36.9. The molecule has 0 spiro atoms. The highest BCUT2D eigenvalue weighted by Gasteiger charge is 2.29. The number of hydrogen-bond acceptors (Lipinski definition) is 3. The van der Waals surface area contributed by atoms with Crippen molar-refractivity contribution in [3.63, 3.8) is 0 Å². The number of aliphatic hydroxyl groups excluding tert-OH is 1. The van der Waals surface area contributed by atoms with Crippen molar-refractivity contribution >= 4 is 11.8 Å². The highest BCUT2D eigenvalue weighted by atomic mass is 32.2. The summed E-state index contributed by atoms with van der Waals surface area (Å²) >= 11 is -0.118. The van der Waals surface area contributed by atoms with Gasteiger partial charge in [-0.15, -0.1) is 0 Å². The van der Waals surface area contributed by atoms with Crippen molar-refractivity contribution in [1.82, 2.24) is 5.32 Å². The van der Waals surface area contributed by atoms with Crippen molar-refractivity contribution in [3.05, 3.63) is 29.8 Å². The Morgan fingerprint density at radius 2 is 1.76 bits per heavy atom. The minimum Gasteiger partial charge on any atom is -0.394 e. The van der Waals surface area contributed by atoms with Gasteiger partial charge in [0.1, 0.15) is 0 Å². The van der Waals surface area contributed by atoms with Crippen LogP contribution in [-0.4, -0.2) is 23.3 Å². The number of thioether (sulfide) groups is 1. The topological polar surface area (TPSA) is 32.3 Å². The zero-order valence-corrected chi connectivity index (χ0v) is 12.5. The number of alkyl halides is 3. The highest BCUT2D eigenvalue weighted by molar-refractivity contribution is 8.00. The van der Waals surface area contributed by atoms with Crippen molar-refractivity contribution in [2.75, 3.05) is 6.61 Å². The molecule has 0 heterocycles. The lowest BCUT2D eigenvalue weighted by molar-refractivity contribution is -0.0328. The summed E-state index contributed by atoms with van der Waals surface area (Å²) in [4.78, 5) is 0.167. The lowest BCUT2D eigenvalue weighted by Crippen LogP contribution is -2.36. The third-order valence-electron chi connectivity index (χ3n) is 3.74. The van der Waals surface area contributed by atoms with Crippen molar-refractivity contribution in [2.45, 2.75) is 54.6 Å². The minimum atomic E-state index is -4.27. The van der Waals surface area contributed by atoms with E-state index < -0.39 is 5.51 Å². The van der Waals surface area contributed by atoms with Gasteiger partial charge in [-0.3, -0.25) is 0 Å². The second kappa shape index (κ2) is 7.51. The molecule has 0 aromatic heterocycles. The maximum atomic E-state index is 12.3. The fraction of sp³-hybridized carbons (Fsp3) is 0.600. The van der Waals surface area contributed by atoms with Gasteiger partial charge >= 0.3 is 5.51 Å². The minimum absolute atomic E-state index is 0.0533. The quantitative estimate of drug-likeness (QED) is 0.796. The van der Waals surface area contributed by atoms with E-state index in [2.05, 4.69) is 5.32 Å². The van der Waals surface area contributed by atoms with Crippen molar-refractivity contribution in [1.29, 1.82) is 0 Å². The predicted molar refractivity (Wildman–Crippen MR) is 78.2 cm³/mol. The molecule has 2 nitrogen and oxygen atoms in total. The molecule has 0 amide bonds. The number of aliphatic hydroxyl groups is 1. The summed E-state index contributed by atoms with van der Waals surface area (Å²) in [5.74, 6) is 0. The van der Waals surface area contributed by atoms with Crippen LogP contribution in [-0.2, 0) is 0 Å². The summed E-state index contributed by atoms with van der Waals surface area (Å²) in [6, 6.07) is 6.41. The number of hydrogen-bond donors (Lipinski definition) is 2. The Kier molecular flexibility index (Phi) is 5.96. The van der Waals surface area contributed by atoms with Gasteiger partial charge in [-0.2, -0.15) is 13.2 Å². The molecule has 1 aromatic rings. The van der Waals surface area contributed by atoms with Crippen LogP contribution < -0.4 is 5.32 Å². The SMILES string of the molecule is OCC(NC1CCCCC1)c1ccc(SC(F)(F)F)cc1. The molecule has 1 aliphatic rings. The van der Waals surface area contributed by atoms with E-state index in [9.17, 15) is 18.3 Å². The normalized spacial score (nSPS) is 18.7. The standard InChI is InChI=1S/C15H20F3NOS/c16-15(17,18)21-13-8-6-11(7-9-13)14(10-20)19-12-4-2-1-3-5-12/h6-9,12,14,19-20H,1-5,10H2. The maximum absolute atomic E-state index is 12.3. The molecule has 6 heteroatoms. The molecule has 0 radical (unpaired) electrons. The molecule has 2 rings (SSSR count). The number of rotatable bonds is 5. The van der Waals surface area contributed by atoms with E-state index in [1.165, 1.54) is 31.4 Å². The fourth-order valence-electron chi connectivity index (χ4n) is 2.71. The van der Waals surface area contributed by atoms with Crippen LogP contribution in [0.4, 0.5) is 13.2 Å². The van der Waals surface area contributed by atoms with Crippen molar-refractivity contribution in [2.24, 2.45) is 0 Å². The molecule has 21 heavy (non-hydrogen) atoms. The van der Waals surface area contributed by atoms with Gasteiger partial charge in [-0.05, 0) is 42.3 Å². The van der Waals surface area contributed by atoms with Gasteiger partial charge in [0, 0.05) is 10.9 Å². The fourth-order valence-corrected chi connectivity index (χ4v) is 3.25. The van der Waals surface area contributed by atoms with Gasteiger partial charge in [-0.1, -0.05) is 31.4 Å². The Hall–Kier alpha value is -0.720. The zero-order valence-electron chi connectivity index (χ0n) is 11.7. The van der Waals surface area contributed by atoms with E-state index in [-0.39, 0.29) is 29.3 Å². The smallest absolute Gasteiger partial charge is 0.394 e. The summed E-state index contributed by atoms with van der Waals surface area (Å²) in [5, 5.41) is 12.9. The number of nitrogens with one attached hydrogen (secondary N) is 1. The van der Waals surface area contributed by atoms with Crippen LogP contribution in [0.3, 0.4) is 0 Å². The lowest BCUT2D eigenvalue weighted by Gasteiger charge is -2.28. The monoisotopic (exact) mass is 319 g/mol. The highest BCUT2D eigenvalue weighted by Crippen LogP contribution is 2.37. The van der Waals surface area contributed by atoms with Gasteiger partial charge < -0.3 is 10.4 Å². The van der Waals surface area contributed by atoms with E-state index in [4.69, 9.17) is 0 Å². The van der Waals surface area contributed by atoms with Crippen LogP contribution in [0.25, 0.3) is 0 Å². The van der Waals surface area contributed by atoms with Gasteiger partial charge in [0.2, 0.25) is 0 Å². The third-order valence-corrected chi connectivity index (χ3v) is 4.48. The molecule has 1 fully saturated rings. The molecule has 118 valence electrons. The molecular formula is C15H20F3NOS. The van der Waals surface area contributed by atoms with E-state index in [1.807, 2.05) is 0 Å². The third kappa shape index (κ3) is 5.52. The summed E-state index contributed by atoms with van der Waals surface area (Å²) in [5.41, 5.74) is -3.44. The number of benzene rings is 1. The van der Waals surface area contributed by atoms with Crippen LogP contribution in [0, 0.1) is 0 Å². The molecule has 2 N–H and O–H groups in total. The molecule has 1 unspecified atom stereocenters. The van der Waals surface area contributed by atoms with Crippen LogP contribution in [0.5, 0.6) is 0 Å². The first-order valence-electron chi connectivity index (χ1n) is 7.20. The van der Waals surface area contributed by atoms with Crippen molar-refractivity contribution < 1.29 is 18.3 Å². The second-order valence-electron chi connectivity index (χ2n) is 5.35. The number of halogens is 3. The van der Waals surface area contributed by atoms with Gasteiger partial charge in [0.15, 0.2) is 0 Å². The molecule has 0 bridgehead atoms. The summed E-state index contributed by atoms with van der Waals surface area (Å²) in [6.07, 6.45) is 5.83. The van der Waals surface area contributed by atoms with E-state index >= 15 is 0 Å². The molecule has 1 aliphatic carbocycles. The van der Waals surface area contributed by atoms with Crippen LogP contribution in [0.1, 0.15) is 43.7 Å². The lowest BCUT2D eigenvalue weighted by atomic mass is 9.94. The van der Waals surface area contributed by atoms with Crippen LogP contribution >= 0.6 is 11.8 Å². The maximum Gasteiger partial charge on any atom is 0.446 e. The summed E-state index contributed by atoms with van der Waals surface area (Å²) in [6.45, 7) is -0.0533. The van der Waals surface area contributed by atoms with Crippen LogP contribution in [0.15, 0.2) is 29.2 Å². The average molecular weight is 319 g/mol. The molecule has 0 aliphatic heterocycles. The molecule has 1 aromatic carbocycles. The second-order valence-corrected chi connectivity index (χ2v) is 6.49. The van der Waals surface area contributed by atoms with Gasteiger partial charge in [-0.25, -0.2) is 0 Å². The Morgan fingerprint density at radius 3 is 2.29 bits per heavy atom. The first kappa shape index (κ1) is 16.6. The predicted octanol–water partition coefficient (Wildman–Crippen LogP) is 4.25. The van der Waals surface area contributed by atoms with Crippen LogP contribution in [0.2, 0.25) is 0 Å². The zero-order chi connectivity index (χ0) is 15.3. The van der Waals surface area contributed by atoms with E-state index in [0.717, 1.165) is 18.4 Å².